The van der Waals surface area contributed by atoms with Crippen molar-refractivity contribution in [2.45, 2.75) is 25.7 Å². The first-order chi connectivity index (χ1) is 19.7. The molecule has 6 aromatic rings. The first-order valence-electron chi connectivity index (χ1n) is 13.2. The number of carbonyl (C=O) groups excluding carboxylic acids is 1. The zero-order valence-corrected chi connectivity index (χ0v) is 22.4. The van der Waals surface area contributed by atoms with E-state index in [0.29, 0.717) is 55.3 Å². The van der Waals surface area contributed by atoms with E-state index >= 15 is 0 Å². The molecule has 0 bridgehead atoms. The van der Waals surface area contributed by atoms with E-state index in [9.17, 15) is 4.79 Å². The Hall–Kier alpha value is -4.99. The molecular formula is C30H29N7O3. The van der Waals surface area contributed by atoms with E-state index in [4.69, 9.17) is 19.6 Å². The summed E-state index contributed by atoms with van der Waals surface area (Å²) in [4.78, 5) is 17.4. The van der Waals surface area contributed by atoms with Gasteiger partial charge in [-0.1, -0.05) is 48.5 Å². The van der Waals surface area contributed by atoms with Gasteiger partial charge in [0.2, 0.25) is 5.91 Å². The molecule has 0 aliphatic rings. The summed E-state index contributed by atoms with van der Waals surface area (Å²) in [6.45, 7) is 0.543. The molecule has 10 nitrogen and oxygen atoms in total. The molecule has 0 aliphatic heterocycles. The Labute approximate surface area is 230 Å². The highest BCUT2D eigenvalue weighted by Gasteiger charge is 2.18. The number of benzene rings is 3. The van der Waals surface area contributed by atoms with Crippen molar-refractivity contribution in [3.63, 3.8) is 0 Å². The summed E-state index contributed by atoms with van der Waals surface area (Å²) in [5.41, 5.74) is 3.69. The third-order valence-corrected chi connectivity index (χ3v) is 6.92. The Morgan fingerprint density at radius 2 is 1.70 bits per heavy atom. The fourth-order valence-corrected chi connectivity index (χ4v) is 4.92. The number of carbonyl (C=O) groups is 1. The summed E-state index contributed by atoms with van der Waals surface area (Å²) in [5, 5.41) is 17.7. The van der Waals surface area contributed by atoms with E-state index in [-0.39, 0.29) is 5.91 Å². The molecule has 10 heteroatoms. The van der Waals surface area contributed by atoms with Crippen LogP contribution in [0.25, 0.3) is 33.7 Å². The van der Waals surface area contributed by atoms with Gasteiger partial charge in [-0.05, 0) is 42.7 Å². The Morgan fingerprint density at radius 3 is 2.52 bits per heavy atom. The first kappa shape index (κ1) is 25.3. The fraction of sp³-hybridized carbons (Fsp3) is 0.233. The van der Waals surface area contributed by atoms with Crippen LogP contribution in [0.3, 0.4) is 0 Å². The summed E-state index contributed by atoms with van der Waals surface area (Å²) < 4.78 is 14.4. The number of methoxy groups -OCH3 is 2. The van der Waals surface area contributed by atoms with Gasteiger partial charge in [-0.15, -0.1) is 15.3 Å². The molecule has 3 heterocycles. The predicted molar refractivity (Wildman–Crippen MR) is 152 cm³/mol. The van der Waals surface area contributed by atoms with Gasteiger partial charge in [0.1, 0.15) is 5.82 Å². The molecule has 0 radical (unpaired) electrons. The minimum absolute atomic E-state index is 0.00493. The number of hydrogen-bond acceptors (Lipinski definition) is 7. The second-order valence-corrected chi connectivity index (χ2v) is 9.45. The Balaban J connectivity index is 1.15. The van der Waals surface area contributed by atoms with Crippen molar-refractivity contribution in [3.05, 3.63) is 84.2 Å². The monoisotopic (exact) mass is 535 g/mol. The summed E-state index contributed by atoms with van der Waals surface area (Å²) in [6, 6.07) is 23.7. The highest BCUT2D eigenvalue weighted by Crippen LogP contribution is 2.28. The Morgan fingerprint density at radius 1 is 0.900 bits per heavy atom. The number of nitrogens with one attached hydrogen (secondary N) is 1. The van der Waals surface area contributed by atoms with Crippen LogP contribution in [0.15, 0.2) is 72.8 Å². The molecule has 0 aliphatic carbocycles. The summed E-state index contributed by atoms with van der Waals surface area (Å²) in [6.07, 6.45) is 2.33. The van der Waals surface area contributed by atoms with Crippen molar-refractivity contribution >= 4 is 28.2 Å². The maximum absolute atomic E-state index is 12.6. The average Bonchev–Trinajstić information content (AvgIpc) is 3.63. The van der Waals surface area contributed by atoms with Gasteiger partial charge in [0, 0.05) is 30.3 Å². The van der Waals surface area contributed by atoms with Crippen LogP contribution < -0.4 is 14.8 Å². The molecule has 0 unspecified atom stereocenters. The van der Waals surface area contributed by atoms with Gasteiger partial charge in [-0.2, -0.15) is 4.52 Å². The van der Waals surface area contributed by atoms with Gasteiger partial charge in [0.25, 0.3) is 5.78 Å². The van der Waals surface area contributed by atoms with Crippen LogP contribution in [0.1, 0.15) is 24.2 Å². The van der Waals surface area contributed by atoms with Crippen molar-refractivity contribution in [1.29, 1.82) is 0 Å². The van der Waals surface area contributed by atoms with E-state index in [1.165, 1.54) is 0 Å². The Bertz CT molecular complexity index is 1810. The molecule has 0 saturated carbocycles. The van der Waals surface area contributed by atoms with Crippen molar-refractivity contribution in [1.82, 2.24) is 34.5 Å². The lowest BCUT2D eigenvalue weighted by atomic mass is 10.1. The highest BCUT2D eigenvalue weighted by atomic mass is 16.5. The van der Waals surface area contributed by atoms with E-state index in [2.05, 4.69) is 15.5 Å². The van der Waals surface area contributed by atoms with Crippen LogP contribution in [0.5, 0.6) is 11.5 Å². The first-order valence-corrected chi connectivity index (χ1v) is 13.2. The topological polar surface area (TPSA) is 108 Å². The number of rotatable bonds is 10. The SMILES string of the molecule is COc1ccc(CCNC(=O)CCCc2nnc3n4nc(-c5ccccc5)nc4c4ccccc4n23)cc1OC. The number of fused-ring (bicyclic) bond motifs is 6. The molecule has 3 aromatic heterocycles. The van der Waals surface area contributed by atoms with E-state index in [0.717, 1.165) is 33.5 Å². The van der Waals surface area contributed by atoms with Crippen LogP contribution in [-0.4, -0.2) is 55.9 Å². The maximum atomic E-state index is 12.6. The van der Waals surface area contributed by atoms with Crippen LogP contribution >= 0.6 is 0 Å². The van der Waals surface area contributed by atoms with Crippen LogP contribution in [0.4, 0.5) is 0 Å². The number of ether oxygens (including phenoxy) is 2. The average molecular weight is 536 g/mol. The molecule has 40 heavy (non-hydrogen) atoms. The van der Waals surface area contributed by atoms with Gasteiger partial charge in [0.05, 0.1) is 19.7 Å². The molecule has 1 N–H and O–H groups in total. The molecule has 0 fully saturated rings. The van der Waals surface area contributed by atoms with Crippen LogP contribution in [0.2, 0.25) is 0 Å². The lowest BCUT2D eigenvalue weighted by Gasteiger charge is -2.10. The smallest absolute Gasteiger partial charge is 0.258 e. The van der Waals surface area contributed by atoms with Crippen molar-refractivity contribution in [3.8, 4) is 22.9 Å². The van der Waals surface area contributed by atoms with Gasteiger partial charge < -0.3 is 14.8 Å². The highest BCUT2D eigenvalue weighted by molar-refractivity contribution is 5.94. The molecule has 0 atom stereocenters. The third kappa shape index (κ3) is 4.79. The van der Waals surface area contributed by atoms with Crippen molar-refractivity contribution in [2.24, 2.45) is 0 Å². The molecular weight excluding hydrogens is 506 g/mol. The molecule has 3 aromatic carbocycles. The van der Waals surface area contributed by atoms with Gasteiger partial charge in [-0.25, -0.2) is 4.98 Å². The second kappa shape index (κ2) is 11.0. The maximum Gasteiger partial charge on any atom is 0.258 e. The number of aromatic nitrogens is 6. The summed E-state index contributed by atoms with van der Waals surface area (Å²) >= 11 is 0. The van der Waals surface area contributed by atoms with Crippen molar-refractivity contribution in [2.75, 3.05) is 20.8 Å². The van der Waals surface area contributed by atoms with Crippen molar-refractivity contribution < 1.29 is 14.3 Å². The Kier molecular flexibility index (Phi) is 6.96. The van der Waals surface area contributed by atoms with Crippen LogP contribution in [-0.2, 0) is 17.6 Å². The quantitative estimate of drug-likeness (QED) is 0.279. The van der Waals surface area contributed by atoms with Gasteiger partial charge in [-0.3, -0.25) is 9.20 Å². The predicted octanol–water partition coefficient (Wildman–Crippen LogP) is 4.29. The molecule has 202 valence electrons. The van der Waals surface area contributed by atoms with E-state index in [1.807, 2.05) is 77.2 Å². The normalized spacial score (nSPS) is 11.3. The number of nitrogens with zero attached hydrogens (tertiary/aromatic N) is 6. The summed E-state index contributed by atoms with van der Waals surface area (Å²) in [7, 11) is 3.22. The van der Waals surface area contributed by atoms with Gasteiger partial charge >= 0.3 is 0 Å². The number of amides is 1. The third-order valence-electron chi connectivity index (χ3n) is 6.92. The molecule has 0 spiro atoms. The summed E-state index contributed by atoms with van der Waals surface area (Å²) in [5.74, 6) is 3.38. The van der Waals surface area contributed by atoms with E-state index in [1.54, 1.807) is 18.7 Å². The lowest BCUT2D eigenvalue weighted by Crippen LogP contribution is -2.25. The lowest BCUT2D eigenvalue weighted by molar-refractivity contribution is -0.121. The zero-order valence-electron chi connectivity index (χ0n) is 22.4. The molecule has 1 amide bonds. The number of hydrogen-bond donors (Lipinski definition) is 1. The zero-order chi connectivity index (χ0) is 27.5. The number of aryl methyl sites for hydroxylation is 1. The second-order valence-electron chi connectivity index (χ2n) is 9.45. The van der Waals surface area contributed by atoms with E-state index < -0.39 is 0 Å². The number of para-hydroxylation sites is 1. The molecule has 6 rings (SSSR count). The molecule has 0 saturated heterocycles. The fourth-order valence-electron chi connectivity index (χ4n) is 4.92. The minimum atomic E-state index is 0.00493. The largest absolute Gasteiger partial charge is 0.493 e. The van der Waals surface area contributed by atoms with Crippen LogP contribution in [0, 0.1) is 0 Å². The minimum Gasteiger partial charge on any atom is -0.493 e. The standard InChI is InChI=1S/C30H29N7O3/c1-39-24-16-15-20(19-25(24)40-2)17-18-31-27(38)14-8-13-26-33-34-30-36(26)23-12-7-6-11-22(23)29-32-28(35-37(29)30)21-9-4-3-5-10-21/h3-7,9-12,15-16,19H,8,13-14,17-18H2,1-2H3,(H,31,38). The van der Waals surface area contributed by atoms with Gasteiger partial charge in [0.15, 0.2) is 23.0 Å².